The van der Waals surface area contributed by atoms with Crippen LogP contribution in [-0.4, -0.2) is 38.4 Å². The summed E-state index contributed by atoms with van der Waals surface area (Å²) in [7, 11) is 0. The van der Waals surface area contributed by atoms with Crippen molar-refractivity contribution >= 4 is 46.0 Å². The Morgan fingerprint density at radius 3 is 1.70 bits per heavy atom. The number of nitrogens with zero attached hydrogens (tertiary/aromatic N) is 4. The van der Waals surface area contributed by atoms with Crippen molar-refractivity contribution in [2.75, 3.05) is 0 Å². The van der Waals surface area contributed by atoms with Gasteiger partial charge in [0, 0.05) is 28.2 Å². The van der Waals surface area contributed by atoms with E-state index < -0.39 is 0 Å². The molecule has 0 spiro atoms. The van der Waals surface area contributed by atoms with Crippen LogP contribution in [0.15, 0.2) is 205 Å². The summed E-state index contributed by atoms with van der Waals surface area (Å²) in [4.78, 5) is 40.6. The lowest BCUT2D eigenvalue weighted by molar-refractivity contribution is -0.118. The molecule has 2 unspecified atom stereocenters. The standard InChI is InChI=1S/2C12H10N2.C12H12O.C12H10O.C8H8O/c1-8-4-3-5-11-10(8)7-6-9(2)12(11)14-13;1-8-7-9(2)12(14-13)11-6-4-3-5-10(8)11;1-8-4-3-5-11-10(8)7-6-9(2)12(11)13;1-8-7-9(2)12(13)11-6-4-3-5-10(8)11;1-6-3-4-8(9)7(2)5-6/h2*3-7H,2H2,1H3;3-7,10-11H,2H2,1H3;3-7H,2H2,1H3;3-5H,2H2,1H3. The quantitative estimate of drug-likeness (QED) is 0.127. The molecule has 6 aliphatic rings. The van der Waals surface area contributed by atoms with Gasteiger partial charge in [0.1, 0.15) is 0 Å². The normalized spacial score (nSPS) is 18.6. The Kier molecular flexibility index (Phi) is 15.0. The van der Waals surface area contributed by atoms with Crippen molar-refractivity contribution in [3.63, 3.8) is 0 Å². The van der Waals surface area contributed by atoms with Crippen LogP contribution in [0.2, 0.25) is 0 Å². The predicted molar refractivity (Wildman–Crippen MR) is 258 cm³/mol. The summed E-state index contributed by atoms with van der Waals surface area (Å²) in [5.74, 6) is 0.489. The molecule has 0 heterocycles. The molecular formula is C56H50N4O3. The Balaban J connectivity index is 0.000000150. The molecule has 0 saturated heterocycles. The van der Waals surface area contributed by atoms with Gasteiger partial charge < -0.3 is 11.1 Å². The average Bonchev–Trinajstić information content (AvgIpc) is 3.27. The van der Waals surface area contributed by atoms with E-state index in [1.54, 1.807) is 12.2 Å². The van der Waals surface area contributed by atoms with Crippen molar-refractivity contribution in [3.8, 4) is 0 Å². The first-order valence-corrected chi connectivity index (χ1v) is 20.3. The van der Waals surface area contributed by atoms with Gasteiger partial charge in [-0.05, 0) is 111 Å². The minimum absolute atomic E-state index is 0.00231. The van der Waals surface area contributed by atoms with Crippen LogP contribution in [0.5, 0.6) is 0 Å². The first kappa shape index (κ1) is 46.1. The summed E-state index contributed by atoms with van der Waals surface area (Å²) < 4.78 is 0. The van der Waals surface area contributed by atoms with E-state index in [1.165, 1.54) is 17.2 Å². The number of carbonyl (C=O) groups is 3. The smallest absolute Gasteiger partial charge is 0.329 e. The molecule has 0 amide bonds. The molecular weight excluding hydrogens is 777 g/mol. The molecule has 3 aromatic rings. The van der Waals surface area contributed by atoms with Gasteiger partial charge in [0.15, 0.2) is 17.3 Å². The van der Waals surface area contributed by atoms with E-state index in [2.05, 4.69) is 61.6 Å². The number of Topliss-reactive ketones (excluding diaryl/α,β-unsaturated/α-hetero) is 2. The zero-order valence-corrected chi connectivity index (χ0v) is 36.5. The van der Waals surface area contributed by atoms with Gasteiger partial charge in [-0.2, -0.15) is 9.58 Å². The largest absolute Gasteiger partial charge is 0.361 e. The van der Waals surface area contributed by atoms with Crippen LogP contribution in [0.3, 0.4) is 0 Å². The Hall–Kier alpha value is -7.95. The molecule has 6 aliphatic carbocycles. The molecule has 0 aromatic heterocycles. The molecule has 0 fully saturated rings. The second-order valence-corrected chi connectivity index (χ2v) is 15.6. The number of hydrogen-bond acceptors (Lipinski definition) is 3. The van der Waals surface area contributed by atoms with Gasteiger partial charge in [-0.1, -0.05) is 141 Å². The molecule has 0 N–H and O–H groups in total. The highest BCUT2D eigenvalue weighted by molar-refractivity contribution is 6.17. The summed E-state index contributed by atoms with van der Waals surface area (Å²) >= 11 is 0. The van der Waals surface area contributed by atoms with Crippen LogP contribution in [0.25, 0.3) is 28.3 Å². The van der Waals surface area contributed by atoms with Crippen molar-refractivity contribution in [2.45, 2.75) is 34.6 Å². The highest BCUT2D eigenvalue weighted by atomic mass is 16.1. The molecule has 9 rings (SSSR count). The Bertz CT molecular complexity index is 2880. The highest BCUT2D eigenvalue weighted by Crippen LogP contribution is 2.33. The number of allylic oxidation sites excluding steroid dienone is 20. The van der Waals surface area contributed by atoms with Crippen molar-refractivity contribution in [3.05, 3.63) is 255 Å². The maximum absolute atomic E-state index is 11.7. The molecule has 0 aliphatic heterocycles. The lowest BCUT2D eigenvalue weighted by Crippen LogP contribution is -2.27. The number of rotatable bonds is 0. The molecule has 0 saturated carbocycles. The maximum atomic E-state index is 11.7. The van der Waals surface area contributed by atoms with Gasteiger partial charge in [0.05, 0.1) is 28.2 Å². The molecule has 312 valence electrons. The van der Waals surface area contributed by atoms with Gasteiger partial charge in [0.25, 0.3) is 0 Å². The summed E-state index contributed by atoms with van der Waals surface area (Å²) in [6, 6.07) is 21.4. The Morgan fingerprint density at radius 1 is 0.508 bits per heavy atom. The van der Waals surface area contributed by atoms with Gasteiger partial charge >= 0.3 is 11.4 Å². The van der Waals surface area contributed by atoms with E-state index in [1.807, 2.05) is 137 Å². The first-order chi connectivity index (χ1) is 30.1. The second kappa shape index (κ2) is 20.5. The molecule has 63 heavy (non-hydrogen) atoms. The monoisotopic (exact) mass is 826 g/mol. The maximum Gasteiger partial charge on any atom is 0.329 e. The summed E-state index contributed by atoms with van der Waals surface area (Å²) in [6.07, 6.45) is 22.6. The van der Waals surface area contributed by atoms with Crippen LogP contribution in [0.4, 0.5) is 0 Å². The van der Waals surface area contributed by atoms with Crippen LogP contribution in [-0.2, 0) is 9.59 Å². The minimum Gasteiger partial charge on any atom is -0.361 e. The van der Waals surface area contributed by atoms with Crippen LogP contribution < -0.4 is 0 Å². The number of fused-ring (bicyclic) bond motifs is 4. The van der Waals surface area contributed by atoms with Gasteiger partial charge in [-0.3, -0.25) is 14.4 Å². The van der Waals surface area contributed by atoms with Crippen LogP contribution in [0, 0.1) is 18.8 Å². The molecule has 7 nitrogen and oxygen atoms in total. The Labute approximate surface area is 370 Å². The average molecular weight is 827 g/mol. The zero-order valence-electron chi connectivity index (χ0n) is 36.5. The van der Waals surface area contributed by atoms with Crippen molar-refractivity contribution in [1.82, 2.24) is 0 Å². The fraction of sp³-hybridized carbons (Fsp3) is 0.125. The summed E-state index contributed by atoms with van der Waals surface area (Å²) in [5.41, 5.74) is 33.9. The summed E-state index contributed by atoms with van der Waals surface area (Å²) in [5, 5.41) is 0. The van der Waals surface area contributed by atoms with Gasteiger partial charge in [0.2, 0.25) is 0 Å². The third-order valence-corrected chi connectivity index (χ3v) is 11.0. The van der Waals surface area contributed by atoms with Gasteiger partial charge in [-0.15, -0.1) is 0 Å². The van der Waals surface area contributed by atoms with E-state index in [4.69, 9.17) is 11.1 Å². The number of ketones is 3. The molecule has 2 atom stereocenters. The van der Waals surface area contributed by atoms with E-state index in [0.29, 0.717) is 28.1 Å². The first-order valence-electron chi connectivity index (χ1n) is 20.3. The lowest BCUT2D eigenvalue weighted by Gasteiger charge is -2.27. The number of hydrogen-bond donors (Lipinski definition) is 0. The molecule has 0 bridgehead atoms. The second-order valence-electron chi connectivity index (χ2n) is 15.6. The van der Waals surface area contributed by atoms with E-state index in [9.17, 15) is 14.4 Å². The van der Waals surface area contributed by atoms with Crippen molar-refractivity contribution in [1.29, 1.82) is 0 Å². The topological polar surface area (TPSA) is 124 Å². The SMILES string of the molecule is C=C1C=C(C)C=CC1=O.C=C1C=C(C)c2ccccc2C1=O.C=C1C=C(C)c2ccccc2C1=[N+]=[N-].C=C1C=CC2C(C)=CC=CC2C1=O.C=C1C=Cc2c(C)cccc2C1=[N+]=[N-]. The molecule has 0 radical (unpaired) electrons. The minimum atomic E-state index is 0.00231. The van der Waals surface area contributed by atoms with E-state index >= 15 is 0 Å². The van der Waals surface area contributed by atoms with E-state index in [0.717, 1.165) is 61.2 Å². The molecule has 3 aromatic carbocycles. The predicted octanol–water partition coefficient (Wildman–Crippen LogP) is 12.2. The van der Waals surface area contributed by atoms with Crippen LogP contribution in [0.1, 0.15) is 71.4 Å². The van der Waals surface area contributed by atoms with E-state index in [-0.39, 0.29) is 29.2 Å². The lowest BCUT2D eigenvalue weighted by atomic mass is 9.75. The van der Waals surface area contributed by atoms with Crippen LogP contribution >= 0.6 is 0 Å². The van der Waals surface area contributed by atoms with Gasteiger partial charge in [-0.25, -0.2) is 0 Å². The Morgan fingerprint density at radius 2 is 1.08 bits per heavy atom. The fourth-order valence-electron chi connectivity index (χ4n) is 7.58. The third-order valence-electron chi connectivity index (χ3n) is 11.0. The number of aryl methyl sites for hydroxylation is 1. The van der Waals surface area contributed by atoms with Crippen molar-refractivity contribution < 1.29 is 24.0 Å². The zero-order chi connectivity index (χ0) is 46.0. The third kappa shape index (κ3) is 10.7. The number of benzene rings is 3. The fourth-order valence-corrected chi connectivity index (χ4v) is 7.58. The highest BCUT2D eigenvalue weighted by Gasteiger charge is 2.31. The summed E-state index contributed by atoms with van der Waals surface area (Å²) in [6.45, 7) is 28.7. The number of carbonyl (C=O) groups excluding carboxylic acids is 3. The molecule has 7 heteroatoms. The van der Waals surface area contributed by atoms with Crippen molar-refractivity contribution in [2.24, 2.45) is 11.8 Å².